The van der Waals surface area contributed by atoms with Crippen LogP contribution in [0.25, 0.3) is 0 Å². The molecule has 0 bridgehead atoms. The lowest BCUT2D eigenvalue weighted by atomic mass is 9.83. The number of aryl methyl sites for hydroxylation is 2. The van der Waals surface area contributed by atoms with Crippen molar-refractivity contribution in [2.45, 2.75) is 33.1 Å². The minimum Gasteiger partial charge on any atom is -0.325 e. The highest BCUT2D eigenvalue weighted by Gasteiger charge is 2.30. The van der Waals surface area contributed by atoms with E-state index in [0.29, 0.717) is 0 Å². The zero-order valence-corrected chi connectivity index (χ0v) is 12.8. The van der Waals surface area contributed by atoms with Crippen molar-refractivity contribution in [3.63, 3.8) is 0 Å². The molecule has 2 aromatic rings. The summed E-state index contributed by atoms with van der Waals surface area (Å²) in [4.78, 5) is 12.6. The first-order chi connectivity index (χ1) is 9.82. The monoisotopic (exact) mass is 285 g/mol. The molecule has 0 atom stereocenters. The Kier molecular flexibility index (Phi) is 4.12. The third-order valence-electron chi connectivity index (χ3n) is 3.85. The van der Waals surface area contributed by atoms with Gasteiger partial charge in [0.2, 0.25) is 5.91 Å². The molecule has 0 spiro atoms. The van der Waals surface area contributed by atoms with Crippen LogP contribution in [0.2, 0.25) is 0 Å². The van der Waals surface area contributed by atoms with Crippen LogP contribution in [0.15, 0.2) is 42.5 Å². The number of para-hydroxylation sites is 1. The van der Waals surface area contributed by atoms with Crippen molar-refractivity contribution in [3.8, 4) is 0 Å². The molecule has 0 fully saturated rings. The number of carbonyl (C=O) groups excluding carboxylic acids is 1. The molecule has 0 saturated carbocycles. The van der Waals surface area contributed by atoms with Gasteiger partial charge in [-0.05, 0) is 56.5 Å². The molecule has 2 nitrogen and oxygen atoms in total. The summed E-state index contributed by atoms with van der Waals surface area (Å²) in [5, 5.41) is 3.00. The van der Waals surface area contributed by atoms with Crippen LogP contribution in [-0.4, -0.2) is 5.91 Å². The van der Waals surface area contributed by atoms with Crippen molar-refractivity contribution in [2.75, 3.05) is 5.32 Å². The number of anilines is 1. The van der Waals surface area contributed by atoms with Crippen molar-refractivity contribution in [1.29, 1.82) is 0 Å². The molecule has 0 saturated heterocycles. The molecule has 3 heteroatoms. The fourth-order valence-electron chi connectivity index (χ4n) is 2.28. The number of amides is 1. The number of rotatable bonds is 3. The van der Waals surface area contributed by atoms with Crippen LogP contribution in [0.4, 0.5) is 10.1 Å². The minimum absolute atomic E-state index is 0.105. The van der Waals surface area contributed by atoms with Crippen molar-refractivity contribution in [1.82, 2.24) is 0 Å². The van der Waals surface area contributed by atoms with Gasteiger partial charge >= 0.3 is 0 Å². The van der Waals surface area contributed by atoms with Gasteiger partial charge in [-0.3, -0.25) is 4.79 Å². The van der Waals surface area contributed by atoms with Gasteiger partial charge in [0.15, 0.2) is 0 Å². The highest BCUT2D eigenvalue weighted by molar-refractivity contribution is 5.99. The predicted molar refractivity (Wildman–Crippen MR) is 84.0 cm³/mol. The van der Waals surface area contributed by atoms with Crippen LogP contribution >= 0.6 is 0 Å². The molecule has 0 aliphatic heterocycles. The standard InChI is InChI=1S/C18H20FNO/c1-12-6-5-7-13(2)16(12)20-17(21)18(3,4)14-8-10-15(19)11-9-14/h5-11H,1-4H3,(H,20,21). The van der Waals surface area contributed by atoms with Crippen LogP contribution in [0.1, 0.15) is 30.5 Å². The number of carbonyl (C=O) groups is 1. The fourth-order valence-corrected chi connectivity index (χ4v) is 2.28. The van der Waals surface area contributed by atoms with Crippen molar-refractivity contribution in [2.24, 2.45) is 0 Å². The molecule has 0 radical (unpaired) electrons. The molecule has 1 N–H and O–H groups in total. The maximum Gasteiger partial charge on any atom is 0.234 e. The van der Waals surface area contributed by atoms with E-state index in [2.05, 4.69) is 5.32 Å². The number of hydrogen-bond acceptors (Lipinski definition) is 1. The zero-order valence-electron chi connectivity index (χ0n) is 12.8. The molecule has 2 rings (SSSR count). The molecule has 2 aromatic carbocycles. The number of hydrogen-bond donors (Lipinski definition) is 1. The number of halogens is 1. The van der Waals surface area contributed by atoms with Gasteiger partial charge in [0.25, 0.3) is 0 Å². The van der Waals surface area contributed by atoms with Gasteiger partial charge in [0.1, 0.15) is 5.82 Å². The first-order valence-corrected chi connectivity index (χ1v) is 6.96. The van der Waals surface area contributed by atoms with E-state index in [4.69, 9.17) is 0 Å². The average molecular weight is 285 g/mol. The Morgan fingerprint density at radius 2 is 1.52 bits per heavy atom. The van der Waals surface area contributed by atoms with Crippen LogP contribution < -0.4 is 5.32 Å². The molecular formula is C18H20FNO. The SMILES string of the molecule is Cc1cccc(C)c1NC(=O)C(C)(C)c1ccc(F)cc1. The molecule has 110 valence electrons. The summed E-state index contributed by atoms with van der Waals surface area (Å²) in [6.07, 6.45) is 0. The quantitative estimate of drug-likeness (QED) is 0.892. The highest BCUT2D eigenvalue weighted by Crippen LogP contribution is 2.27. The van der Waals surface area contributed by atoms with Crippen molar-refractivity contribution < 1.29 is 9.18 Å². The first-order valence-electron chi connectivity index (χ1n) is 6.96. The second kappa shape index (κ2) is 5.68. The van der Waals surface area contributed by atoms with E-state index in [-0.39, 0.29) is 11.7 Å². The van der Waals surface area contributed by atoms with Gasteiger partial charge in [-0.15, -0.1) is 0 Å². The maximum atomic E-state index is 13.0. The van der Waals surface area contributed by atoms with Crippen molar-refractivity contribution >= 4 is 11.6 Å². The van der Waals surface area contributed by atoms with Crippen LogP contribution in [0, 0.1) is 19.7 Å². The Hall–Kier alpha value is -2.16. The largest absolute Gasteiger partial charge is 0.325 e. The van der Waals surface area contributed by atoms with E-state index >= 15 is 0 Å². The fraction of sp³-hybridized carbons (Fsp3) is 0.278. The van der Waals surface area contributed by atoms with Gasteiger partial charge in [-0.2, -0.15) is 0 Å². The smallest absolute Gasteiger partial charge is 0.234 e. The van der Waals surface area contributed by atoms with Crippen LogP contribution in [-0.2, 0) is 10.2 Å². The van der Waals surface area contributed by atoms with E-state index in [1.165, 1.54) is 12.1 Å². The normalized spacial score (nSPS) is 11.3. The van der Waals surface area contributed by atoms with Gasteiger partial charge in [0.05, 0.1) is 5.41 Å². The Morgan fingerprint density at radius 1 is 1.00 bits per heavy atom. The summed E-state index contributed by atoms with van der Waals surface area (Å²) in [6, 6.07) is 12.0. The minimum atomic E-state index is -0.734. The van der Waals surface area contributed by atoms with Crippen LogP contribution in [0.5, 0.6) is 0 Å². The lowest BCUT2D eigenvalue weighted by Crippen LogP contribution is -2.35. The topological polar surface area (TPSA) is 29.1 Å². The molecule has 21 heavy (non-hydrogen) atoms. The predicted octanol–water partition coefficient (Wildman–Crippen LogP) is 4.36. The lowest BCUT2D eigenvalue weighted by Gasteiger charge is -2.25. The van der Waals surface area contributed by atoms with Gasteiger partial charge < -0.3 is 5.32 Å². The van der Waals surface area contributed by atoms with E-state index < -0.39 is 5.41 Å². The molecule has 0 aliphatic rings. The Morgan fingerprint density at radius 3 is 2.05 bits per heavy atom. The van der Waals surface area contributed by atoms with E-state index in [1.807, 2.05) is 45.9 Å². The van der Waals surface area contributed by atoms with E-state index in [0.717, 1.165) is 22.4 Å². The molecule has 1 amide bonds. The summed E-state index contributed by atoms with van der Waals surface area (Å²) in [5.74, 6) is -0.406. The van der Waals surface area contributed by atoms with Gasteiger partial charge in [-0.1, -0.05) is 30.3 Å². The molecule has 0 unspecified atom stereocenters. The summed E-state index contributed by atoms with van der Waals surface area (Å²) >= 11 is 0. The summed E-state index contributed by atoms with van der Waals surface area (Å²) in [7, 11) is 0. The Labute approximate surface area is 125 Å². The Balaban J connectivity index is 2.28. The molecule has 0 heterocycles. The lowest BCUT2D eigenvalue weighted by molar-refractivity contribution is -0.120. The maximum absolute atomic E-state index is 13.0. The first kappa shape index (κ1) is 15.2. The third kappa shape index (κ3) is 3.13. The summed E-state index contributed by atoms with van der Waals surface area (Å²) in [6.45, 7) is 7.60. The van der Waals surface area contributed by atoms with Gasteiger partial charge in [0, 0.05) is 5.69 Å². The summed E-state index contributed by atoms with van der Waals surface area (Å²) < 4.78 is 13.0. The Bertz CT molecular complexity index is 639. The zero-order chi connectivity index (χ0) is 15.6. The number of nitrogens with one attached hydrogen (secondary N) is 1. The summed E-state index contributed by atoms with van der Waals surface area (Å²) in [5.41, 5.74) is 2.95. The third-order valence-corrected chi connectivity index (χ3v) is 3.85. The van der Waals surface area contributed by atoms with E-state index in [9.17, 15) is 9.18 Å². The van der Waals surface area contributed by atoms with Gasteiger partial charge in [-0.25, -0.2) is 4.39 Å². The molecule has 0 aliphatic carbocycles. The van der Waals surface area contributed by atoms with Crippen LogP contribution in [0.3, 0.4) is 0 Å². The van der Waals surface area contributed by atoms with Crippen molar-refractivity contribution in [3.05, 3.63) is 65.0 Å². The molecule has 0 aromatic heterocycles. The number of benzene rings is 2. The average Bonchev–Trinajstić information content (AvgIpc) is 2.43. The molecular weight excluding hydrogens is 265 g/mol. The highest BCUT2D eigenvalue weighted by atomic mass is 19.1. The second-order valence-corrected chi connectivity index (χ2v) is 5.85. The second-order valence-electron chi connectivity index (χ2n) is 5.85. The van der Waals surface area contributed by atoms with E-state index in [1.54, 1.807) is 12.1 Å².